The molecular weight excluding hydrogens is 320 g/mol. The zero-order valence-corrected chi connectivity index (χ0v) is 14.2. The molecule has 2 heterocycles. The molecule has 2 rings (SSSR count). The second kappa shape index (κ2) is 7.35. The first-order valence-electron chi connectivity index (χ1n) is 7.87. The number of aliphatic hydroxyl groups is 2. The molecule has 0 bridgehead atoms. The Morgan fingerprint density at radius 3 is 2.61 bits per heavy atom. The number of amides is 2. The molecule has 2 aliphatic rings. The van der Waals surface area contributed by atoms with Crippen LogP contribution in [0.1, 0.15) is 19.8 Å². The molecule has 2 aliphatic heterocycles. The molecule has 2 fully saturated rings. The van der Waals surface area contributed by atoms with Gasteiger partial charge in [-0.15, -0.1) is 11.8 Å². The number of likely N-dealkylation sites (tertiary alicyclic amines) is 1. The lowest BCUT2D eigenvalue weighted by Gasteiger charge is -2.46. The summed E-state index contributed by atoms with van der Waals surface area (Å²) in [6.45, 7) is 2.60. The van der Waals surface area contributed by atoms with Gasteiger partial charge in [-0.05, 0) is 19.8 Å². The Balaban J connectivity index is 2.15. The van der Waals surface area contributed by atoms with Crippen LogP contribution in [0.5, 0.6) is 0 Å². The highest BCUT2D eigenvalue weighted by atomic mass is 32.2. The lowest BCUT2D eigenvalue weighted by Crippen LogP contribution is -2.62. The Hall–Kier alpha value is -0.870. The molecular formula is C14H26N4O4S. The largest absolute Gasteiger partial charge is 0.394 e. The van der Waals surface area contributed by atoms with Crippen molar-refractivity contribution in [2.45, 2.75) is 42.8 Å². The summed E-state index contributed by atoms with van der Waals surface area (Å²) < 4.78 is 0. The van der Waals surface area contributed by atoms with Crippen LogP contribution in [0.25, 0.3) is 0 Å². The lowest BCUT2D eigenvalue weighted by molar-refractivity contribution is -0.143. The minimum atomic E-state index is -0.962. The first-order chi connectivity index (χ1) is 10.8. The number of aliphatic hydroxyl groups excluding tert-OH is 2. The van der Waals surface area contributed by atoms with Gasteiger partial charge in [0.05, 0.1) is 19.3 Å². The van der Waals surface area contributed by atoms with Gasteiger partial charge in [0.1, 0.15) is 17.0 Å². The quantitative estimate of drug-likeness (QED) is 0.458. The summed E-state index contributed by atoms with van der Waals surface area (Å²) in [7, 11) is 0. The number of carbonyl (C=O) groups is 2. The van der Waals surface area contributed by atoms with Gasteiger partial charge in [-0.25, -0.2) is 0 Å². The van der Waals surface area contributed by atoms with Crippen molar-refractivity contribution < 1.29 is 19.8 Å². The first-order valence-corrected chi connectivity index (χ1v) is 8.85. The zero-order valence-electron chi connectivity index (χ0n) is 13.4. The van der Waals surface area contributed by atoms with Crippen molar-refractivity contribution in [2.75, 3.05) is 32.0 Å². The third-order valence-corrected chi connectivity index (χ3v) is 5.99. The normalized spacial score (nSPS) is 28.7. The third-order valence-electron chi connectivity index (χ3n) is 4.51. The van der Waals surface area contributed by atoms with Crippen LogP contribution >= 0.6 is 11.8 Å². The number of hydrogen-bond acceptors (Lipinski definition) is 7. The van der Waals surface area contributed by atoms with E-state index in [1.165, 1.54) is 6.92 Å². The maximum Gasteiger partial charge on any atom is 0.243 e. The fourth-order valence-corrected chi connectivity index (χ4v) is 4.67. The molecule has 23 heavy (non-hydrogen) atoms. The van der Waals surface area contributed by atoms with E-state index in [0.29, 0.717) is 19.6 Å². The van der Waals surface area contributed by atoms with Crippen LogP contribution in [-0.4, -0.2) is 86.9 Å². The van der Waals surface area contributed by atoms with Gasteiger partial charge in [-0.2, -0.15) is 0 Å². The monoisotopic (exact) mass is 346 g/mol. The molecule has 0 saturated carbocycles. The van der Waals surface area contributed by atoms with Crippen LogP contribution in [-0.2, 0) is 9.59 Å². The fraction of sp³-hybridized carbons (Fsp3) is 0.857. The van der Waals surface area contributed by atoms with Gasteiger partial charge in [0, 0.05) is 18.8 Å². The Morgan fingerprint density at radius 1 is 1.30 bits per heavy atom. The maximum atomic E-state index is 12.6. The molecule has 132 valence electrons. The topological polar surface area (TPSA) is 133 Å². The van der Waals surface area contributed by atoms with E-state index in [4.69, 9.17) is 16.6 Å². The highest BCUT2D eigenvalue weighted by Gasteiger charge is 2.49. The van der Waals surface area contributed by atoms with Gasteiger partial charge < -0.3 is 31.5 Å². The molecule has 0 aromatic carbocycles. The number of rotatable bonds is 4. The minimum Gasteiger partial charge on any atom is -0.394 e. The van der Waals surface area contributed by atoms with Crippen molar-refractivity contribution in [3.8, 4) is 0 Å². The second-order valence-corrected chi connectivity index (χ2v) is 7.66. The predicted octanol–water partition coefficient (Wildman–Crippen LogP) is -2.09. The van der Waals surface area contributed by atoms with Crippen molar-refractivity contribution >= 4 is 23.6 Å². The highest BCUT2D eigenvalue weighted by Crippen LogP contribution is 2.43. The standard InChI is InChI=1S/C14H26N4O4S/c1-9(20)11(16)13(22)18-5-6-23-14(18)3-2-4-17(8-14)12(21)10(15)7-19/h9-11,19-20H,2-8,15-16H2,1H3/t9-,10+,11+,14?/m1/s1. The van der Waals surface area contributed by atoms with Gasteiger partial charge in [0.2, 0.25) is 11.8 Å². The van der Waals surface area contributed by atoms with E-state index in [9.17, 15) is 14.7 Å². The average Bonchev–Trinajstić information content (AvgIpc) is 2.94. The highest BCUT2D eigenvalue weighted by molar-refractivity contribution is 8.00. The minimum absolute atomic E-state index is 0.286. The molecule has 6 N–H and O–H groups in total. The summed E-state index contributed by atoms with van der Waals surface area (Å²) in [4.78, 5) is 27.7. The van der Waals surface area contributed by atoms with Gasteiger partial charge in [0.25, 0.3) is 0 Å². The molecule has 1 unspecified atom stereocenters. The van der Waals surface area contributed by atoms with E-state index in [1.54, 1.807) is 21.6 Å². The van der Waals surface area contributed by atoms with E-state index in [1.807, 2.05) is 0 Å². The molecule has 9 heteroatoms. The summed E-state index contributed by atoms with van der Waals surface area (Å²) in [5, 5.41) is 18.7. The molecule has 0 aromatic heterocycles. The number of piperidine rings is 1. The van der Waals surface area contributed by atoms with E-state index < -0.39 is 29.7 Å². The number of thioether (sulfide) groups is 1. The summed E-state index contributed by atoms with van der Waals surface area (Å²) in [5.41, 5.74) is 11.4. The Bertz CT molecular complexity index is 464. The van der Waals surface area contributed by atoms with Crippen LogP contribution < -0.4 is 11.5 Å². The SMILES string of the molecule is C[C@@H](O)[C@H](N)C(=O)N1CCSC12CCCN(C(=O)[C@@H](N)CO)C2. The van der Waals surface area contributed by atoms with Crippen molar-refractivity contribution in [1.29, 1.82) is 0 Å². The van der Waals surface area contributed by atoms with Crippen molar-refractivity contribution in [1.82, 2.24) is 9.80 Å². The number of carbonyl (C=O) groups excluding carboxylic acids is 2. The van der Waals surface area contributed by atoms with Gasteiger partial charge in [-0.1, -0.05) is 0 Å². The molecule has 2 saturated heterocycles. The zero-order chi connectivity index (χ0) is 17.2. The summed E-state index contributed by atoms with van der Waals surface area (Å²) in [6, 6.07) is -1.89. The molecule has 0 radical (unpaired) electrons. The smallest absolute Gasteiger partial charge is 0.243 e. The number of nitrogens with two attached hydrogens (primary N) is 2. The van der Waals surface area contributed by atoms with Crippen molar-refractivity contribution in [2.24, 2.45) is 11.5 Å². The second-order valence-electron chi connectivity index (χ2n) is 6.20. The van der Waals surface area contributed by atoms with Crippen LogP contribution in [0.4, 0.5) is 0 Å². The van der Waals surface area contributed by atoms with E-state index in [-0.39, 0.29) is 11.8 Å². The molecule has 8 nitrogen and oxygen atoms in total. The molecule has 0 aromatic rings. The number of hydrogen-bond donors (Lipinski definition) is 4. The Kier molecular flexibility index (Phi) is 5.90. The summed E-state index contributed by atoms with van der Waals surface area (Å²) in [6.07, 6.45) is 0.604. The summed E-state index contributed by atoms with van der Waals surface area (Å²) >= 11 is 1.64. The van der Waals surface area contributed by atoms with E-state index >= 15 is 0 Å². The van der Waals surface area contributed by atoms with Gasteiger partial charge in [-0.3, -0.25) is 9.59 Å². The fourth-order valence-electron chi connectivity index (χ4n) is 3.15. The van der Waals surface area contributed by atoms with Crippen LogP contribution in [0, 0.1) is 0 Å². The molecule has 4 atom stereocenters. The third kappa shape index (κ3) is 3.63. The lowest BCUT2D eigenvalue weighted by atomic mass is 10.0. The van der Waals surface area contributed by atoms with Crippen LogP contribution in [0.2, 0.25) is 0 Å². The molecule has 1 spiro atoms. The van der Waals surface area contributed by atoms with Gasteiger partial charge in [0.15, 0.2) is 0 Å². The number of nitrogens with zero attached hydrogens (tertiary/aromatic N) is 2. The molecule has 2 amide bonds. The van der Waals surface area contributed by atoms with E-state index in [0.717, 1.165) is 18.6 Å². The summed E-state index contributed by atoms with van der Waals surface area (Å²) in [5.74, 6) is 0.184. The maximum absolute atomic E-state index is 12.6. The van der Waals surface area contributed by atoms with Gasteiger partial charge >= 0.3 is 0 Å². The van der Waals surface area contributed by atoms with Crippen LogP contribution in [0.3, 0.4) is 0 Å². The Morgan fingerprint density at radius 2 is 2.00 bits per heavy atom. The molecule has 0 aliphatic carbocycles. The van der Waals surface area contributed by atoms with Crippen molar-refractivity contribution in [3.63, 3.8) is 0 Å². The van der Waals surface area contributed by atoms with Crippen LogP contribution in [0.15, 0.2) is 0 Å². The van der Waals surface area contributed by atoms with Crippen molar-refractivity contribution in [3.05, 3.63) is 0 Å². The van der Waals surface area contributed by atoms with E-state index in [2.05, 4.69) is 0 Å². The average molecular weight is 346 g/mol. The first kappa shape index (κ1) is 18.5. The predicted molar refractivity (Wildman–Crippen MR) is 87.4 cm³/mol. The Labute approximate surface area is 140 Å².